The Balaban J connectivity index is 2.01. The molecule has 1 heterocycles. The van der Waals surface area contributed by atoms with Crippen LogP contribution in [0.1, 0.15) is 24.8 Å². The van der Waals surface area contributed by atoms with Gasteiger partial charge in [-0.15, -0.1) is 0 Å². The summed E-state index contributed by atoms with van der Waals surface area (Å²) >= 11 is 12.1. The Morgan fingerprint density at radius 1 is 1.42 bits per heavy atom. The molecule has 5 heteroatoms. The van der Waals surface area contributed by atoms with E-state index < -0.39 is 0 Å². The van der Waals surface area contributed by atoms with Crippen molar-refractivity contribution in [2.45, 2.75) is 31.8 Å². The van der Waals surface area contributed by atoms with Crippen LogP contribution in [0.4, 0.5) is 0 Å². The van der Waals surface area contributed by atoms with Crippen molar-refractivity contribution in [2.24, 2.45) is 0 Å². The van der Waals surface area contributed by atoms with Crippen molar-refractivity contribution in [2.75, 3.05) is 13.6 Å². The van der Waals surface area contributed by atoms with Crippen molar-refractivity contribution in [3.05, 3.63) is 33.8 Å². The molecule has 1 aliphatic heterocycles. The summed E-state index contributed by atoms with van der Waals surface area (Å²) in [4.78, 5) is 14.0. The third kappa shape index (κ3) is 3.62. The first-order chi connectivity index (χ1) is 9.09. The zero-order valence-electron chi connectivity index (χ0n) is 11.0. The van der Waals surface area contributed by atoms with Crippen LogP contribution in [0.25, 0.3) is 0 Å². The molecule has 2 rings (SSSR count). The average Bonchev–Trinajstić information content (AvgIpc) is 2.44. The van der Waals surface area contributed by atoms with Crippen molar-refractivity contribution < 1.29 is 4.79 Å². The number of carbonyl (C=O) groups is 1. The van der Waals surface area contributed by atoms with E-state index in [1.807, 2.05) is 12.1 Å². The van der Waals surface area contributed by atoms with E-state index in [-0.39, 0.29) is 11.9 Å². The quantitative estimate of drug-likeness (QED) is 0.930. The minimum absolute atomic E-state index is 0.0586. The molecule has 1 N–H and O–H groups in total. The minimum Gasteiger partial charge on any atom is -0.340 e. The van der Waals surface area contributed by atoms with Gasteiger partial charge < -0.3 is 10.2 Å². The highest BCUT2D eigenvalue weighted by molar-refractivity contribution is 6.42. The van der Waals surface area contributed by atoms with Gasteiger partial charge in [-0.1, -0.05) is 41.8 Å². The highest BCUT2D eigenvalue weighted by Crippen LogP contribution is 2.26. The SMILES string of the molecule is CN(Cc1cccc(Cl)c1Cl)C(=O)C1CCCCN1. The Kier molecular flexibility index (Phi) is 5.08. The molecule has 1 atom stereocenters. The van der Waals surface area contributed by atoms with Gasteiger partial charge in [0.25, 0.3) is 0 Å². The molecule has 1 fully saturated rings. The van der Waals surface area contributed by atoms with Crippen molar-refractivity contribution in [3.8, 4) is 0 Å². The monoisotopic (exact) mass is 300 g/mol. The molecule has 1 aliphatic rings. The zero-order valence-corrected chi connectivity index (χ0v) is 12.5. The number of halogens is 2. The number of piperidine rings is 1. The third-order valence-electron chi connectivity index (χ3n) is 3.42. The smallest absolute Gasteiger partial charge is 0.239 e. The number of hydrogen-bond donors (Lipinski definition) is 1. The number of hydrogen-bond acceptors (Lipinski definition) is 2. The number of likely N-dealkylation sites (N-methyl/N-ethyl adjacent to an activating group) is 1. The fourth-order valence-electron chi connectivity index (χ4n) is 2.33. The molecular formula is C14H18Cl2N2O. The summed E-state index contributed by atoms with van der Waals surface area (Å²) in [6, 6.07) is 5.43. The molecule has 1 amide bonds. The van der Waals surface area contributed by atoms with Crippen LogP contribution in [0.5, 0.6) is 0 Å². The van der Waals surface area contributed by atoms with Crippen molar-refractivity contribution >= 4 is 29.1 Å². The van der Waals surface area contributed by atoms with E-state index in [1.165, 1.54) is 0 Å². The highest BCUT2D eigenvalue weighted by atomic mass is 35.5. The predicted octanol–water partition coefficient (Wildman–Crippen LogP) is 3.09. The number of nitrogens with zero attached hydrogens (tertiary/aromatic N) is 1. The molecule has 0 saturated carbocycles. The molecule has 0 aliphatic carbocycles. The first-order valence-electron chi connectivity index (χ1n) is 6.51. The standard InChI is InChI=1S/C14H18Cl2N2O/c1-18(14(19)12-7-2-3-8-17-12)9-10-5-4-6-11(15)13(10)16/h4-6,12,17H,2-3,7-9H2,1H3. The first-order valence-corrected chi connectivity index (χ1v) is 7.26. The van der Waals surface area contributed by atoms with E-state index in [1.54, 1.807) is 18.0 Å². The largest absolute Gasteiger partial charge is 0.340 e. The van der Waals surface area contributed by atoms with Gasteiger partial charge in [-0.2, -0.15) is 0 Å². The van der Waals surface area contributed by atoms with Gasteiger partial charge in [-0.25, -0.2) is 0 Å². The van der Waals surface area contributed by atoms with E-state index in [9.17, 15) is 4.79 Å². The van der Waals surface area contributed by atoms with Crippen LogP contribution < -0.4 is 5.32 Å². The van der Waals surface area contributed by atoms with E-state index in [4.69, 9.17) is 23.2 Å². The number of rotatable bonds is 3. The van der Waals surface area contributed by atoms with Crippen molar-refractivity contribution in [1.29, 1.82) is 0 Å². The van der Waals surface area contributed by atoms with E-state index in [2.05, 4.69) is 5.32 Å². The normalized spacial score (nSPS) is 19.2. The zero-order chi connectivity index (χ0) is 13.8. The lowest BCUT2D eigenvalue weighted by Crippen LogP contribution is -2.47. The maximum atomic E-state index is 12.3. The molecule has 1 aromatic carbocycles. The molecule has 1 unspecified atom stereocenters. The molecular weight excluding hydrogens is 283 g/mol. The second-order valence-electron chi connectivity index (χ2n) is 4.91. The summed E-state index contributed by atoms with van der Waals surface area (Å²) in [5.41, 5.74) is 0.876. The Bertz CT molecular complexity index is 459. The first kappa shape index (κ1) is 14.6. The molecule has 0 aromatic heterocycles. The summed E-state index contributed by atoms with van der Waals surface area (Å²) in [7, 11) is 1.80. The van der Waals surface area contributed by atoms with Crippen LogP contribution >= 0.6 is 23.2 Å². The van der Waals surface area contributed by atoms with Gasteiger partial charge in [0.1, 0.15) is 0 Å². The summed E-state index contributed by atoms with van der Waals surface area (Å²) in [5, 5.41) is 4.31. The lowest BCUT2D eigenvalue weighted by Gasteiger charge is -2.27. The number of amides is 1. The second kappa shape index (κ2) is 6.60. The Morgan fingerprint density at radius 2 is 2.21 bits per heavy atom. The van der Waals surface area contributed by atoms with Crippen LogP contribution in [-0.2, 0) is 11.3 Å². The van der Waals surface area contributed by atoms with Gasteiger partial charge in [-0.3, -0.25) is 4.79 Å². The van der Waals surface area contributed by atoms with E-state index in [0.29, 0.717) is 16.6 Å². The fourth-order valence-corrected chi connectivity index (χ4v) is 2.71. The summed E-state index contributed by atoms with van der Waals surface area (Å²) in [6.45, 7) is 1.40. The Morgan fingerprint density at radius 3 is 2.89 bits per heavy atom. The molecule has 0 radical (unpaired) electrons. The van der Waals surface area contributed by atoms with Gasteiger partial charge in [0.05, 0.1) is 16.1 Å². The van der Waals surface area contributed by atoms with E-state index in [0.717, 1.165) is 31.4 Å². The number of benzene rings is 1. The average molecular weight is 301 g/mol. The second-order valence-corrected chi connectivity index (χ2v) is 5.69. The summed E-state index contributed by atoms with van der Waals surface area (Å²) < 4.78 is 0. The van der Waals surface area contributed by atoms with Crippen LogP contribution in [0.15, 0.2) is 18.2 Å². The summed E-state index contributed by atoms with van der Waals surface area (Å²) in [6.07, 6.45) is 3.16. The molecule has 104 valence electrons. The molecule has 0 bridgehead atoms. The van der Waals surface area contributed by atoms with Gasteiger partial charge in [0, 0.05) is 13.6 Å². The van der Waals surface area contributed by atoms with Gasteiger partial charge in [-0.05, 0) is 31.0 Å². The number of nitrogens with one attached hydrogen (secondary N) is 1. The maximum absolute atomic E-state index is 12.3. The number of carbonyl (C=O) groups excluding carboxylic acids is 1. The molecule has 1 aromatic rings. The molecule has 1 saturated heterocycles. The maximum Gasteiger partial charge on any atom is 0.239 e. The third-order valence-corrected chi connectivity index (χ3v) is 4.28. The van der Waals surface area contributed by atoms with Gasteiger partial charge >= 0.3 is 0 Å². The van der Waals surface area contributed by atoms with Crippen molar-refractivity contribution in [1.82, 2.24) is 10.2 Å². The summed E-state index contributed by atoms with van der Waals surface area (Å²) in [5.74, 6) is 0.121. The molecule has 19 heavy (non-hydrogen) atoms. The van der Waals surface area contributed by atoms with Crippen LogP contribution in [0.2, 0.25) is 10.0 Å². The van der Waals surface area contributed by atoms with Crippen LogP contribution in [0.3, 0.4) is 0 Å². The minimum atomic E-state index is -0.0586. The van der Waals surface area contributed by atoms with Gasteiger partial charge in [0.15, 0.2) is 0 Å². The highest BCUT2D eigenvalue weighted by Gasteiger charge is 2.24. The lowest BCUT2D eigenvalue weighted by molar-refractivity contribution is -0.133. The van der Waals surface area contributed by atoms with Gasteiger partial charge in [0.2, 0.25) is 5.91 Å². The predicted molar refractivity (Wildman–Crippen MR) is 78.6 cm³/mol. The van der Waals surface area contributed by atoms with E-state index >= 15 is 0 Å². The fraction of sp³-hybridized carbons (Fsp3) is 0.500. The van der Waals surface area contributed by atoms with Crippen LogP contribution in [-0.4, -0.2) is 30.4 Å². The Hall–Kier alpha value is -0.770. The lowest BCUT2D eigenvalue weighted by atomic mass is 10.0. The molecule has 0 spiro atoms. The Labute approximate surface area is 123 Å². The molecule has 3 nitrogen and oxygen atoms in total. The van der Waals surface area contributed by atoms with Crippen LogP contribution in [0, 0.1) is 0 Å². The van der Waals surface area contributed by atoms with Crippen molar-refractivity contribution in [3.63, 3.8) is 0 Å². The topological polar surface area (TPSA) is 32.3 Å².